The Morgan fingerprint density at radius 3 is 2.35 bits per heavy atom. The molecule has 2 atom stereocenters. The van der Waals surface area contributed by atoms with Crippen LogP contribution in [0.3, 0.4) is 0 Å². The highest BCUT2D eigenvalue weighted by Gasteiger charge is 2.68. The number of hydrogen-bond acceptors (Lipinski definition) is 3. The number of rotatable bonds is 2. The Bertz CT molecular complexity index is 311. The first-order valence-corrected chi connectivity index (χ1v) is 6.34. The van der Waals surface area contributed by atoms with Crippen LogP contribution >= 0.6 is 0 Å². The molecule has 0 aromatic rings. The van der Waals surface area contributed by atoms with Gasteiger partial charge in [0.05, 0.1) is 18.8 Å². The lowest BCUT2D eigenvalue weighted by molar-refractivity contribution is -0.126. The van der Waals surface area contributed by atoms with Crippen LogP contribution in [-0.4, -0.2) is 36.4 Å². The van der Waals surface area contributed by atoms with Crippen molar-refractivity contribution in [1.29, 1.82) is 0 Å². The van der Waals surface area contributed by atoms with Gasteiger partial charge in [-0.15, -0.1) is 0 Å². The zero-order valence-electron chi connectivity index (χ0n) is 11.1. The first-order chi connectivity index (χ1) is 7.78. The maximum atomic E-state index is 12.2. The van der Waals surface area contributed by atoms with E-state index in [2.05, 4.69) is 33.0 Å². The molecule has 2 fully saturated rings. The predicted molar refractivity (Wildman–Crippen MR) is 64.4 cm³/mol. The third kappa shape index (κ3) is 1.97. The summed E-state index contributed by atoms with van der Waals surface area (Å²) in [6, 6.07) is -0.150. The van der Waals surface area contributed by atoms with Gasteiger partial charge in [0.1, 0.15) is 0 Å². The first kappa shape index (κ1) is 12.8. The molecule has 0 spiro atoms. The zero-order valence-corrected chi connectivity index (χ0v) is 11.1. The molecule has 0 bridgehead atoms. The highest BCUT2D eigenvalue weighted by atomic mass is 16.5. The summed E-state index contributed by atoms with van der Waals surface area (Å²) in [5.41, 5.74) is 0.0976. The number of carbonyl (C=O) groups is 1. The van der Waals surface area contributed by atoms with E-state index in [1.54, 1.807) is 0 Å². The van der Waals surface area contributed by atoms with E-state index in [0.29, 0.717) is 19.6 Å². The van der Waals surface area contributed by atoms with Gasteiger partial charge in [-0.3, -0.25) is 4.79 Å². The van der Waals surface area contributed by atoms with Gasteiger partial charge in [0.15, 0.2) is 0 Å². The molecule has 4 heteroatoms. The lowest BCUT2D eigenvalue weighted by atomic mass is 10.0. The maximum Gasteiger partial charge on any atom is 0.224 e. The predicted octanol–water partition coefficient (Wildman–Crippen LogP) is 0.935. The molecular weight excluding hydrogens is 218 g/mol. The van der Waals surface area contributed by atoms with Gasteiger partial charge >= 0.3 is 0 Å². The molecule has 2 N–H and O–H groups in total. The average molecular weight is 241 g/mol. The smallest absolute Gasteiger partial charge is 0.224 e. The molecule has 4 nitrogen and oxygen atoms in total. The molecular formula is C13H23NO3. The van der Waals surface area contributed by atoms with Crippen LogP contribution in [0.2, 0.25) is 0 Å². The Kier molecular flexibility index (Phi) is 2.99. The highest BCUT2D eigenvalue weighted by Crippen LogP contribution is 2.68. The second-order valence-electron chi connectivity index (χ2n) is 6.42. The fraction of sp³-hybridized carbons (Fsp3) is 0.923. The second-order valence-corrected chi connectivity index (χ2v) is 6.42. The molecule has 2 rings (SSSR count). The summed E-state index contributed by atoms with van der Waals surface area (Å²) < 4.78 is 5.15. The van der Waals surface area contributed by atoms with Gasteiger partial charge in [0.2, 0.25) is 5.91 Å². The first-order valence-electron chi connectivity index (χ1n) is 6.34. The van der Waals surface area contributed by atoms with Crippen LogP contribution in [0.4, 0.5) is 0 Å². The van der Waals surface area contributed by atoms with E-state index in [1.807, 2.05) is 0 Å². The number of carbonyl (C=O) groups excluding carboxylic acids is 1. The van der Waals surface area contributed by atoms with Gasteiger partial charge in [-0.25, -0.2) is 0 Å². The van der Waals surface area contributed by atoms with Crippen molar-refractivity contribution in [3.05, 3.63) is 0 Å². The van der Waals surface area contributed by atoms with Crippen LogP contribution in [-0.2, 0) is 9.53 Å². The monoisotopic (exact) mass is 241 g/mol. The molecule has 2 aliphatic rings. The standard InChI is InChI=1S/C13H23NO3/c1-12(2)10(13(12,3)4)11(16)14-8-5-6-17-7-9(8)15/h8-10,15H,5-7H2,1-4H3,(H,14,16)/t8-,9-/m1/s1. The Morgan fingerprint density at radius 1 is 1.29 bits per heavy atom. The SMILES string of the molecule is CC1(C)C(C(=O)N[C@@H]2CCOC[C@H]2O)C1(C)C. The summed E-state index contributed by atoms with van der Waals surface area (Å²) >= 11 is 0. The molecule has 1 saturated carbocycles. The average Bonchev–Trinajstić information content (AvgIpc) is 2.61. The van der Waals surface area contributed by atoms with Crippen LogP contribution in [0.1, 0.15) is 34.1 Å². The normalized spacial score (nSPS) is 35.4. The molecule has 1 heterocycles. The highest BCUT2D eigenvalue weighted by molar-refractivity contribution is 5.84. The molecule has 1 aliphatic heterocycles. The van der Waals surface area contributed by atoms with Crippen molar-refractivity contribution < 1.29 is 14.6 Å². The van der Waals surface area contributed by atoms with Crippen molar-refractivity contribution in [3.8, 4) is 0 Å². The van der Waals surface area contributed by atoms with Crippen LogP contribution in [0.15, 0.2) is 0 Å². The van der Waals surface area contributed by atoms with E-state index in [9.17, 15) is 9.90 Å². The number of amides is 1. The minimum atomic E-state index is -0.572. The van der Waals surface area contributed by atoms with E-state index in [1.165, 1.54) is 0 Å². The summed E-state index contributed by atoms with van der Waals surface area (Å²) in [6.07, 6.45) is 0.123. The third-order valence-electron chi connectivity index (χ3n) is 4.94. The van der Waals surface area contributed by atoms with Gasteiger partial charge in [-0.1, -0.05) is 27.7 Å². The van der Waals surface area contributed by atoms with E-state index in [4.69, 9.17) is 4.74 Å². The summed E-state index contributed by atoms with van der Waals surface area (Å²) in [7, 11) is 0. The van der Waals surface area contributed by atoms with Crippen molar-refractivity contribution in [2.24, 2.45) is 16.7 Å². The van der Waals surface area contributed by atoms with Gasteiger partial charge in [-0.05, 0) is 17.3 Å². The number of hydrogen-bond donors (Lipinski definition) is 2. The quantitative estimate of drug-likeness (QED) is 0.756. The molecule has 17 heavy (non-hydrogen) atoms. The Morgan fingerprint density at radius 2 is 1.88 bits per heavy atom. The van der Waals surface area contributed by atoms with Gasteiger partial charge < -0.3 is 15.2 Å². The number of aliphatic hydroxyl groups excluding tert-OH is 1. The van der Waals surface area contributed by atoms with Crippen molar-refractivity contribution in [2.45, 2.75) is 46.3 Å². The zero-order chi connectivity index (χ0) is 12.8. The molecule has 0 aromatic carbocycles. The van der Waals surface area contributed by atoms with Gasteiger partial charge in [0, 0.05) is 12.5 Å². The molecule has 0 radical (unpaired) electrons. The minimum absolute atomic E-state index is 0.0463. The van der Waals surface area contributed by atoms with Crippen LogP contribution in [0.5, 0.6) is 0 Å². The van der Waals surface area contributed by atoms with E-state index in [0.717, 1.165) is 0 Å². The lowest BCUT2D eigenvalue weighted by Gasteiger charge is -2.28. The molecule has 98 valence electrons. The number of nitrogens with one attached hydrogen (secondary N) is 1. The van der Waals surface area contributed by atoms with E-state index >= 15 is 0 Å². The lowest BCUT2D eigenvalue weighted by Crippen LogP contribution is -2.49. The van der Waals surface area contributed by atoms with E-state index < -0.39 is 6.10 Å². The Balaban J connectivity index is 1.95. The number of aliphatic hydroxyl groups is 1. The Hall–Kier alpha value is -0.610. The minimum Gasteiger partial charge on any atom is -0.389 e. The van der Waals surface area contributed by atoms with E-state index in [-0.39, 0.29) is 28.7 Å². The largest absolute Gasteiger partial charge is 0.389 e. The Labute approximate surface area is 103 Å². The van der Waals surface area contributed by atoms with Crippen molar-refractivity contribution in [3.63, 3.8) is 0 Å². The number of ether oxygens (including phenoxy) is 1. The molecule has 0 aromatic heterocycles. The second kappa shape index (κ2) is 3.95. The summed E-state index contributed by atoms with van der Waals surface area (Å²) in [5, 5.41) is 12.7. The van der Waals surface area contributed by atoms with Crippen LogP contribution in [0, 0.1) is 16.7 Å². The summed E-state index contributed by atoms with van der Waals surface area (Å²) in [5.74, 6) is 0.121. The van der Waals surface area contributed by atoms with Crippen molar-refractivity contribution in [1.82, 2.24) is 5.32 Å². The van der Waals surface area contributed by atoms with Crippen molar-refractivity contribution in [2.75, 3.05) is 13.2 Å². The summed E-state index contributed by atoms with van der Waals surface area (Å²) in [6.45, 7) is 9.42. The van der Waals surface area contributed by atoms with Crippen molar-refractivity contribution >= 4 is 5.91 Å². The maximum absolute atomic E-state index is 12.2. The van der Waals surface area contributed by atoms with Gasteiger partial charge in [0.25, 0.3) is 0 Å². The topological polar surface area (TPSA) is 58.6 Å². The molecule has 0 unspecified atom stereocenters. The summed E-state index contributed by atoms with van der Waals surface area (Å²) in [4.78, 5) is 12.2. The fourth-order valence-electron chi connectivity index (χ4n) is 3.01. The fourth-order valence-corrected chi connectivity index (χ4v) is 3.01. The van der Waals surface area contributed by atoms with Gasteiger partial charge in [-0.2, -0.15) is 0 Å². The third-order valence-corrected chi connectivity index (χ3v) is 4.94. The molecule has 1 aliphatic carbocycles. The van der Waals surface area contributed by atoms with Crippen LogP contribution in [0.25, 0.3) is 0 Å². The van der Waals surface area contributed by atoms with Crippen LogP contribution < -0.4 is 5.32 Å². The molecule has 1 saturated heterocycles. The molecule has 1 amide bonds.